The first-order valence-corrected chi connectivity index (χ1v) is 7.05. The fourth-order valence-electron chi connectivity index (χ4n) is 1.96. The smallest absolute Gasteiger partial charge is 0.343 e. The Morgan fingerprint density at radius 1 is 1.00 bits per heavy atom. The van der Waals surface area contributed by atoms with E-state index in [2.05, 4.69) is 5.32 Å². The van der Waals surface area contributed by atoms with Crippen LogP contribution in [0.15, 0.2) is 48.5 Å². The summed E-state index contributed by atoms with van der Waals surface area (Å²) < 4.78 is 36.7. The van der Waals surface area contributed by atoms with Gasteiger partial charge in [0.05, 0.1) is 22.9 Å². The zero-order valence-electron chi connectivity index (χ0n) is 12.7. The van der Waals surface area contributed by atoms with Gasteiger partial charge < -0.3 is 10.6 Å². The lowest BCUT2D eigenvalue weighted by molar-refractivity contribution is -0.123. The number of alkyl halides is 3. The molecule has 5 nitrogen and oxygen atoms in total. The molecule has 2 aromatic rings. The number of nitrogens with zero attached hydrogens (tertiary/aromatic N) is 1. The third-order valence-electron chi connectivity index (χ3n) is 3.15. The highest BCUT2D eigenvalue weighted by Crippen LogP contribution is 2.18. The van der Waals surface area contributed by atoms with Crippen LogP contribution in [0.2, 0.25) is 0 Å². The number of amides is 2. The van der Waals surface area contributed by atoms with Crippen LogP contribution in [-0.2, 0) is 0 Å². The van der Waals surface area contributed by atoms with E-state index in [1.165, 1.54) is 48.5 Å². The Bertz CT molecular complexity index is 824. The van der Waals surface area contributed by atoms with Crippen LogP contribution in [0.4, 0.5) is 18.9 Å². The van der Waals surface area contributed by atoms with E-state index in [0.29, 0.717) is 5.56 Å². The van der Waals surface area contributed by atoms with Crippen LogP contribution >= 0.6 is 0 Å². The van der Waals surface area contributed by atoms with E-state index in [0.717, 1.165) is 0 Å². The highest BCUT2D eigenvalue weighted by atomic mass is 19.4. The summed E-state index contributed by atoms with van der Waals surface area (Å²) in [6, 6.07) is 13.4. The molecule has 128 valence electrons. The Kier molecular flexibility index (Phi) is 5.39. The molecule has 2 rings (SSSR count). The van der Waals surface area contributed by atoms with Gasteiger partial charge in [-0.25, -0.2) is 0 Å². The number of nitrogens with one attached hydrogen (secondary N) is 2. The fourth-order valence-corrected chi connectivity index (χ4v) is 1.96. The van der Waals surface area contributed by atoms with Crippen molar-refractivity contribution in [3.05, 3.63) is 65.2 Å². The average Bonchev–Trinajstić information content (AvgIpc) is 2.59. The summed E-state index contributed by atoms with van der Waals surface area (Å²) in [7, 11) is 0. The van der Waals surface area contributed by atoms with E-state index in [-0.39, 0.29) is 16.8 Å². The van der Waals surface area contributed by atoms with E-state index >= 15 is 0 Å². The summed E-state index contributed by atoms with van der Waals surface area (Å²) in [5.41, 5.74) is 0.610. The van der Waals surface area contributed by atoms with Gasteiger partial charge in [0.25, 0.3) is 11.8 Å². The fraction of sp³-hybridized carbons (Fsp3) is 0.118. The first kappa shape index (κ1) is 18.0. The van der Waals surface area contributed by atoms with Crippen LogP contribution in [0.25, 0.3) is 0 Å². The maximum atomic E-state index is 12.2. The SMILES string of the molecule is N#Cc1ccc(C(=O)Nc2ccccc2C(=O)NCC(F)(F)F)cc1. The molecule has 0 aliphatic heterocycles. The number of carbonyl (C=O) groups excluding carboxylic acids is 2. The minimum absolute atomic E-state index is 0.0801. The second-order valence-corrected chi connectivity index (χ2v) is 4.99. The molecule has 0 atom stereocenters. The molecule has 0 aliphatic rings. The molecule has 0 aliphatic carbocycles. The number of carbonyl (C=O) groups is 2. The van der Waals surface area contributed by atoms with Gasteiger partial charge in [-0.3, -0.25) is 9.59 Å². The lowest BCUT2D eigenvalue weighted by Gasteiger charge is -2.12. The summed E-state index contributed by atoms with van der Waals surface area (Å²) in [4.78, 5) is 24.1. The van der Waals surface area contributed by atoms with E-state index < -0.39 is 24.5 Å². The zero-order valence-corrected chi connectivity index (χ0v) is 12.7. The van der Waals surface area contributed by atoms with Crippen molar-refractivity contribution in [2.75, 3.05) is 11.9 Å². The highest BCUT2D eigenvalue weighted by Gasteiger charge is 2.28. The predicted octanol–water partition coefficient (Wildman–Crippen LogP) is 3.10. The zero-order chi connectivity index (χ0) is 18.4. The van der Waals surface area contributed by atoms with Gasteiger partial charge in [0.1, 0.15) is 6.54 Å². The molecule has 2 aromatic carbocycles. The first-order valence-electron chi connectivity index (χ1n) is 7.05. The lowest BCUT2D eigenvalue weighted by atomic mass is 10.1. The van der Waals surface area contributed by atoms with Crippen LogP contribution < -0.4 is 10.6 Å². The molecule has 0 saturated carbocycles. The summed E-state index contributed by atoms with van der Waals surface area (Å²) >= 11 is 0. The Balaban J connectivity index is 2.15. The maximum Gasteiger partial charge on any atom is 0.405 e. The van der Waals surface area contributed by atoms with Gasteiger partial charge in [-0.2, -0.15) is 18.4 Å². The van der Waals surface area contributed by atoms with Gasteiger partial charge in [0.2, 0.25) is 0 Å². The standard InChI is InChI=1S/C17H12F3N3O2/c18-17(19,20)10-22-16(25)13-3-1-2-4-14(13)23-15(24)12-7-5-11(9-21)6-8-12/h1-8H,10H2,(H,22,25)(H,23,24). The summed E-state index contributed by atoms with van der Waals surface area (Å²) in [5.74, 6) is -1.51. The van der Waals surface area contributed by atoms with Crippen molar-refractivity contribution in [3.8, 4) is 6.07 Å². The third-order valence-corrected chi connectivity index (χ3v) is 3.15. The molecular formula is C17H12F3N3O2. The number of hydrogen-bond acceptors (Lipinski definition) is 3. The van der Waals surface area contributed by atoms with Gasteiger partial charge in [0, 0.05) is 5.56 Å². The molecule has 0 heterocycles. The number of rotatable bonds is 4. The van der Waals surface area contributed by atoms with E-state index in [1.54, 1.807) is 5.32 Å². The number of anilines is 1. The van der Waals surface area contributed by atoms with Gasteiger partial charge in [0.15, 0.2) is 0 Å². The monoisotopic (exact) mass is 347 g/mol. The topological polar surface area (TPSA) is 82.0 Å². The largest absolute Gasteiger partial charge is 0.405 e. The second kappa shape index (κ2) is 7.49. The Morgan fingerprint density at radius 2 is 1.64 bits per heavy atom. The van der Waals surface area contributed by atoms with Gasteiger partial charge in [-0.1, -0.05) is 12.1 Å². The summed E-state index contributed by atoms with van der Waals surface area (Å²) in [5, 5.41) is 13.0. The molecule has 0 unspecified atom stereocenters. The van der Waals surface area contributed by atoms with Gasteiger partial charge >= 0.3 is 6.18 Å². The lowest BCUT2D eigenvalue weighted by Crippen LogP contribution is -2.34. The molecule has 0 radical (unpaired) electrons. The minimum Gasteiger partial charge on any atom is -0.343 e. The van der Waals surface area contributed by atoms with Crippen molar-refractivity contribution in [3.63, 3.8) is 0 Å². The molecule has 2 amide bonds. The van der Waals surface area contributed by atoms with Crippen molar-refractivity contribution in [2.24, 2.45) is 0 Å². The van der Waals surface area contributed by atoms with Crippen molar-refractivity contribution in [1.29, 1.82) is 5.26 Å². The number of halogens is 3. The van der Waals surface area contributed by atoms with E-state index in [4.69, 9.17) is 5.26 Å². The predicted molar refractivity (Wildman–Crippen MR) is 83.9 cm³/mol. The van der Waals surface area contributed by atoms with Gasteiger partial charge in [-0.05, 0) is 36.4 Å². The molecule has 0 bridgehead atoms. The molecule has 2 N–H and O–H groups in total. The second-order valence-electron chi connectivity index (χ2n) is 4.99. The molecule has 0 fully saturated rings. The number of hydrogen-bond donors (Lipinski definition) is 2. The van der Waals surface area contributed by atoms with Gasteiger partial charge in [-0.15, -0.1) is 0 Å². The molecule has 0 spiro atoms. The first-order chi connectivity index (χ1) is 11.8. The molecule has 0 saturated heterocycles. The van der Waals surface area contributed by atoms with E-state index in [1.807, 2.05) is 6.07 Å². The number of benzene rings is 2. The molecular weight excluding hydrogens is 335 g/mol. The summed E-state index contributed by atoms with van der Waals surface area (Å²) in [6.07, 6.45) is -4.53. The molecule has 0 aromatic heterocycles. The van der Waals surface area contributed by atoms with E-state index in [9.17, 15) is 22.8 Å². The average molecular weight is 347 g/mol. The quantitative estimate of drug-likeness (QED) is 0.892. The minimum atomic E-state index is -4.53. The molecule has 8 heteroatoms. The van der Waals surface area contributed by atoms with Crippen molar-refractivity contribution < 1.29 is 22.8 Å². The van der Waals surface area contributed by atoms with Crippen molar-refractivity contribution in [2.45, 2.75) is 6.18 Å². The Morgan fingerprint density at radius 3 is 2.24 bits per heavy atom. The van der Waals surface area contributed by atoms with Crippen LogP contribution in [-0.4, -0.2) is 24.5 Å². The van der Waals surface area contributed by atoms with Crippen LogP contribution in [0.3, 0.4) is 0 Å². The normalized spacial score (nSPS) is 10.6. The summed E-state index contributed by atoms with van der Waals surface area (Å²) in [6.45, 7) is -1.47. The van der Waals surface area contributed by atoms with Crippen LogP contribution in [0.5, 0.6) is 0 Å². The Hall–Kier alpha value is -3.34. The van der Waals surface area contributed by atoms with Crippen molar-refractivity contribution >= 4 is 17.5 Å². The Labute approximate surface area is 141 Å². The molecule has 25 heavy (non-hydrogen) atoms. The third kappa shape index (κ3) is 5.07. The number of nitriles is 1. The maximum absolute atomic E-state index is 12.2. The highest BCUT2D eigenvalue weighted by molar-refractivity contribution is 6.09. The number of para-hydroxylation sites is 1. The van der Waals surface area contributed by atoms with Crippen LogP contribution in [0.1, 0.15) is 26.3 Å². The van der Waals surface area contributed by atoms with Crippen molar-refractivity contribution in [1.82, 2.24) is 5.32 Å². The van der Waals surface area contributed by atoms with Crippen LogP contribution in [0, 0.1) is 11.3 Å².